The normalized spacial score (nSPS) is 13.4. The van der Waals surface area contributed by atoms with Gasteiger partial charge in [0.1, 0.15) is 5.00 Å². The molecular weight excluding hydrogens is 322 g/mol. The van der Waals surface area contributed by atoms with Gasteiger partial charge >= 0.3 is 5.97 Å². The number of fused-ring (bicyclic) bond motifs is 1. The summed E-state index contributed by atoms with van der Waals surface area (Å²) in [6, 6.07) is 0. The summed E-state index contributed by atoms with van der Waals surface area (Å²) in [5.41, 5.74) is 1.71. The van der Waals surface area contributed by atoms with Crippen molar-refractivity contribution >= 4 is 28.2 Å². The van der Waals surface area contributed by atoms with Gasteiger partial charge < -0.3 is 10.1 Å². The quantitative estimate of drug-likeness (QED) is 0.497. The lowest BCUT2D eigenvalue weighted by molar-refractivity contribution is -0.116. The molecule has 0 atom stereocenters. The standard InChI is InChI=1S/C19H29NO3S/c1-3-5-6-7-8-13-16(21)20-18-17(19(22)23-4-2)14-11-9-10-12-15(14)24-18/h3-13H2,1-2H3,(H,20,21). The molecule has 0 aromatic carbocycles. The van der Waals surface area contributed by atoms with Crippen LogP contribution in [-0.4, -0.2) is 18.5 Å². The number of aryl methyl sites for hydroxylation is 1. The molecule has 1 aliphatic rings. The highest BCUT2D eigenvalue weighted by atomic mass is 32.1. The number of carbonyl (C=O) groups excluding carboxylic acids is 2. The number of thiophene rings is 1. The molecule has 24 heavy (non-hydrogen) atoms. The Morgan fingerprint density at radius 2 is 1.83 bits per heavy atom. The van der Waals surface area contributed by atoms with Crippen molar-refractivity contribution in [3.8, 4) is 0 Å². The summed E-state index contributed by atoms with van der Waals surface area (Å²) in [6.07, 6.45) is 10.3. The zero-order valence-corrected chi connectivity index (χ0v) is 15.7. The lowest BCUT2D eigenvalue weighted by Crippen LogP contribution is -2.15. The third-order valence-corrected chi connectivity index (χ3v) is 5.62. The van der Waals surface area contributed by atoms with Crippen LogP contribution in [0.2, 0.25) is 0 Å². The predicted molar refractivity (Wildman–Crippen MR) is 98.9 cm³/mol. The minimum atomic E-state index is -0.296. The Morgan fingerprint density at radius 3 is 2.58 bits per heavy atom. The number of rotatable bonds is 9. The second-order valence-electron chi connectivity index (χ2n) is 6.35. The summed E-state index contributed by atoms with van der Waals surface area (Å²) in [5, 5.41) is 3.67. The van der Waals surface area contributed by atoms with Gasteiger partial charge in [0.15, 0.2) is 0 Å². The first-order valence-corrected chi connectivity index (χ1v) is 10.1. The summed E-state index contributed by atoms with van der Waals surface area (Å²) in [4.78, 5) is 25.8. The highest BCUT2D eigenvalue weighted by molar-refractivity contribution is 7.17. The minimum absolute atomic E-state index is 0.00986. The average Bonchev–Trinajstić information content (AvgIpc) is 2.92. The van der Waals surface area contributed by atoms with Crippen LogP contribution in [0.4, 0.5) is 5.00 Å². The molecule has 1 aliphatic carbocycles. The molecule has 0 bridgehead atoms. The zero-order valence-electron chi connectivity index (χ0n) is 14.9. The fourth-order valence-corrected chi connectivity index (χ4v) is 4.44. The van der Waals surface area contributed by atoms with Gasteiger partial charge in [0.25, 0.3) is 0 Å². The second kappa shape index (κ2) is 9.82. The van der Waals surface area contributed by atoms with Crippen molar-refractivity contribution in [3.63, 3.8) is 0 Å². The number of amides is 1. The van der Waals surface area contributed by atoms with Crippen molar-refractivity contribution < 1.29 is 14.3 Å². The van der Waals surface area contributed by atoms with Crippen molar-refractivity contribution in [1.82, 2.24) is 0 Å². The van der Waals surface area contributed by atoms with Gasteiger partial charge in [-0.25, -0.2) is 4.79 Å². The molecule has 1 aromatic heterocycles. The first kappa shape index (κ1) is 19.0. The van der Waals surface area contributed by atoms with E-state index in [1.807, 2.05) is 6.92 Å². The van der Waals surface area contributed by atoms with E-state index in [1.165, 1.54) is 24.1 Å². The molecule has 0 fully saturated rings. The summed E-state index contributed by atoms with van der Waals surface area (Å²) in [6.45, 7) is 4.35. The number of hydrogen-bond donors (Lipinski definition) is 1. The third-order valence-electron chi connectivity index (χ3n) is 4.41. The van der Waals surface area contributed by atoms with Crippen LogP contribution in [-0.2, 0) is 22.4 Å². The Bertz CT molecular complexity index is 565. The largest absolute Gasteiger partial charge is 0.462 e. The lowest BCUT2D eigenvalue weighted by Gasteiger charge is -2.12. The Balaban J connectivity index is 2.02. The molecule has 1 amide bonds. The molecule has 1 aromatic rings. The van der Waals surface area contributed by atoms with E-state index in [0.717, 1.165) is 44.1 Å². The minimum Gasteiger partial charge on any atom is -0.462 e. The molecule has 0 saturated heterocycles. The van der Waals surface area contributed by atoms with Crippen LogP contribution in [0.15, 0.2) is 0 Å². The van der Waals surface area contributed by atoms with Gasteiger partial charge in [-0.1, -0.05) is 32.6 Å². The Labute approximate surface area is 149 Å². The Hall–Kier alpha value is -1.36. The maximum atomic E-state index is 12.3. The highest BCUT2D eigenvalue weighted by Crippen LogP contribution is 2.38. The molecule has 134 valence electrons. The molecule has 0 radical (unpaired) electrons. The van der Waals surface area contributed by atoms with Gasteiger partial charge in [0.2, 0.25) is 5.91 Å². The molecule has 0 aliphatic heterocycles. The van der Waals surface area contributed by atoms with Gasteiger partial charge in [-0.2, -0.15) is 0 Å². The number of ether oxygens (including phenoxy) is 1. The molecule has 5 heteroatoms. The SMILES string of the molecule is CCCCCCCC(=O)Nc1sc2c(c1C(=O)OCC)CCCC2. The Morgan fingerprint density at radius 1 is 1.08 bits per heavy atom. The van der Waals surface area contributed by atoms with E-state index >= 15 is 0 Å². The van der Waals surface area contributed by atoms with Gasteiger partial charge in [-0.3, -0.25) is 4.79 Å². The van der Waals surface area contributed by atoms with E-state index in [1.54, 1.807) is 11.3 Å². The van der Waals surface area contributed by atoms with Crippen LogP contribution in [0.1, 0.15) is 86.0 Å². The zero-order chi connectivity index (χ0) is 17.4. The van der Waals surface area contributed by atoms with Crippen LogP contribution in [0.5, 0.6) is 0 Å². The smallest absolute Gasteiger partial charge is 0.341 e. The van der Waals surface area contributed by atoms with Crippen LogP contribution in [0.3, 0.4) is 0 Å². The average molecular weight is 352 g/mol. The van der Waals surface area contributed by atoms with Crippen molar-refractivity contribution in [2.24, 2.45) is 0 Å². The second-order valence-corrected chi connectivity index (χ2v) is 7.45. The van der Waals surface area contributed by atoms with E-state index in [9.17, 15) is 9.59 Å². The summed E-state index contributed by atoms with van der Waals surface area (Å²) < 4.78 is 5.22. The number of anilines is 1. The van der Waals surface area contributed by atoms with E-state index < -0.39 is 0 Å². The maximum absolute atomic E-state index is 12.3. The van der Waals surface area contributed by atoms with E-state index in [-0.39, 0.29) is 11.9 Å². The van der Waals surface area contributed by atoms with Gasteiger partial charge in [-0.05, 0) is 44.6 Å². The van der Waals surface area contributed by atoms with E-state index in [4.69, 9.17) is 4.74 Å². The van der Waals surface area contributed by atoms with Gasteiger partial charge in [0, 0.05) is 11.3 Å². The fraction of sp³-hybridized carbons (Fsp3) is 0.684. The first-order valence-electron chi connectivity index (χ1n) is 9.28. The number of hydrogen-bond acceptors (Lipinski definition) is 4. The fourth-order valence-electron chi connectivity index (χ4n) is 3.15. The van der Waals surface area contributed by atoms with Crippen LogP contribution in [0, 0.1) is 0 Å². The van der Waals surface area contributed by atoms with E-state index in [0.29, 0.717) is 23.6 Å². The number of unbranched alkanes of at least 4 members (excludes halogenated alkanes) is 4. The summed E-state index contributed by atoms with van der Waals surface area (Å²) in [5.74, 6) is -0.286. The monoisotopic (exact) mass is 351 g/mol. The van der Waals surface area contributed by atoms with Crippen molar-refractivity contribution in [2.75, 3.05) is 11.9 Å². The topological polar surface area (TPSA) is 55.4 Å². The summed E-state index contributed by atoms with van der Waals surface area (Å²) >= 11 is 1.56. The maximum Gasteiger partial charge on any atom is 0.341 e. The highest BCUT2D eigenvalue weighted by Gasteiger charge is 2.27. The van der Waals surface area contributed by atoms with Gasteiger partial charge in [-0.15, -0.1) is 11.3 Å². The molecule has 1 heterocycles. The molecule has 0 saturated carbocycles. The van der Waals surface area contributed by atoms with Crippen LogP contribution >= 0.6 is 11.3 Å². The summed E-state index contributed by atoms with van der Waals surface area (Å²) in [7, 11) is 0. The molecule has 4 nitrogen and oxygen atoms in total. The van der Waals surface area contributed by atoms with E-state index in [2.05, 4.69) is 12.2 Å². The number of esters is 1. The predicted octanol–water partition coefficient (Wildman–Crippen LogP) is 5.10. The number of nitrogens with one attached hydrogen (secondary N) is 1. The van der Waals surface area contributed by atoms with Gasteiger partial charge in [0.05, 0.1) is 12.2 Å². The van der Waals surface area contributed by atoms with Crippen LogP contribution in [0.25, 0.3) is 0 Å². The molecule has 2 rings (SSSR count). The first-order chi connectivity index (χ1) is 11.7. The van der Waals surface area contributed by atoms with Crippen molar-refractivity contribution in [1.29, 1.82) is 0 Å². The number of carbonyl (C=O) groups is 2. The lowest BCUT2D eigenvalue weighted by atomic mass is 9.95. The molecule has 0 spiro atoms. The third kappa shape index (κ3) is 5.07. The Kier molecular flexibility index (Phi) is 7.76. The van der Waals surface area contributed by atoms with Crippen molar-refractivity contribution in [3.05, 3.63) is 16.0 Å². The van der Waals surface area contributed by atoms with Crippen LogP contribution < -0.4 is 5.32 Å². The van der Waals surface area contributed by atoms with Crippen molar-refractivity contribution in [2.45, 2.75) is 78.1 Å². The molecular formula is C19H29NO3S. The molecule has 0 unspecified atom stereocenters. The molecule has 1 N–H and O–H groups in total.